The number of nitrogens with one attached hydrogen (secondary N) is 2. The van der Waals surface area contributed by atoms with Crippen LogP contribution in [0.4, 0.5) is 15.8 Å². The largest absolute Gasteiger partial charge is 0.497 e. The van der Waals surface area contributed by atoms with Crippen molar-refractivity contribution in [2.24, 2.45) is 0 Å². The van der Waals surface area contributed by atoms with E-state index in [-0.39, 0.29) is 17.1 Å². The summed E-state index contributed by atoms with van der Waals surface area (Å²) in [5.41, 5.74) is 3.58. The number of hydrogen-bond donors (Lipinski definition) is 2. The van der Waals surface area contributed by atoms with E-state index in [4.69, 9.17) is 17.0 Å². The molecule has 1 saturated heterocycles. The SMILES string of the molecule is COc1ccc(N2C(=O)C(CC(=O)Nc3ccc(Br)cc3)N(NC(=O)c3cccc(F)c3)C2=S)cc1. The highest BCUT2D eigenvalue weighted by Gasteiger charge is 2.45. The van der Waals surface area contributed by atoms with E-state index in [1.54, 1.807) is 48.5 Å². The van der Waals surface area contributed by atoms with Gasteiger partial charge < -0.3 is 10.1 Å². The molecule has 2 N–H and O–H groups in total. The lowest BCUT2D eigenvalue weighted by Gasteiger charge is -2.24. The van der Waals surface area contributed by atoms with Crippen molar-refractivity contribution < 1.29 is 23.5 Å². The van der Waals surface area contributed by atoms with Gasteiger partial charge in [0.1, 0.15) is 17.6 Å². The van der Waals surface area contributed by atoms with Crippen LogP contribution in [0.15, 0.2) is 77.3 Å². The highest BCUT2D eigenvalue weighted by Crippen LogP contribution is 2.28. The average Bonchev–Trinajstić information content (AvgIpc) is 3.09. The second kappa shape index (κ2) is 10.8. The van der Waals surface area contributed by atoms with Crippen LogP contribution >= 0.6 is 28.1 Å². The number of amides is 3. The Labute approximate surface area is 220 Å². The Balaban J connectivity index is 1.60. The Morgan fingerprint density at radius 1 is 1.08 bits per heavy atom. The lowest BCUT2D eigenvalue weighted by molar-refractivity contribution is -0.124. The van der Waals surface area contributed by atoms with Crippen LogP contribution in [0.1, 0.15) is 16.8 Å². The molecular formula is C25H20BrFN4O4S. The van der Waals surface area contributed by atoms with Gasteiger partial charge in [-0.05, 0) is 78.9 Å². The molecule has 8 nitrogen and oxygen atoms in total. The highest BCUT2D eigenvalue weighted by molar-refractivity contribution is 9.10. The van der Waals surface area contributed by atoms with Gasteiger partial charge in [-0.1, -0.05) is 22.0 Å². The summed E-state index contributed by atoms with van der Waals surface area (Å²) in [4.78, 5) is 40.4. The number of hydrogen-bond acceptors (Lipinski definition) is 5. The molecule has 4 rings (SSSR count). The maximum atomic E-state index is 13.7. The molecule has 0 saturated carbocycles. The zero-order valence-corrected chi connectivity index (χ0v) is 21.3. The fourth-order valence-corrected chi connectivity index (χ4v) is 4.23. The van der Waals surface area contributed by atoms with Crippen LogP contribution in [0, 0.1) is 5.82 Å². The molecule has 1 aliphatic heterocycles. The van der Waals surface area contributed by atoms with Crippen LogP contribution in [0.2, 0.25) is 0 Å². The molecule has 1 fully saturated rings. The first kappa shape index (κ1) is 25.3. The van der Waals surface area contributed by atoms with E-state index >= 15 is 0 Å². The van der Waals surface area contributed by atoms with E-state index in [2.05, 4.69) is 26.7 Å². The van der Waals surface area contributed by atoms with Crippen molar-refractivity contribution >= 4 is 62.4 Å². The second-order valence-electron chi connectivity index (χ2n) is 7.75. The van der Waals surface area contributed by atoms with E-state index in [0.717, 1.165) is 15.5 Å². The fraction of sp³-hybridized carbons (Fsp3) is 0.120. The molecule has 3 aromatic rings. The monoisotopic (exact) mass is 570 g/mol. The van der Waals surface area contributed by atoms with Gasteiger partial charge in [-0.3, -0.25) is 24.7 Å². The quantitative estimate of drug-likeness (QED) is 0.412. The molecule has 184 valence electrons. The normalized spacial score (nSPS) is 15.1. The van der Waals surface area contributed by atoms with Crippen molar-refractivity contribution in [2.75, 3.05) is 17.3 Å². The summed E-state index contributed by atoms with van der Waals surface area (Å²) in [6.07, 6.45) is -0.300. The van der Waals surface area contributed by atoms with Gasteiger partial charge in [0.05, 0.1) is 19.2 Å². The zero-order valence-electron chi connectivity index (χ0n) is 18.9. The van der Waals surface area contributed by atoms with Crippen LogP contribution in [-0.4, -0.2) is 41.0 Å². The van der Waals surface area contributed by atoms with E-state index < -0.39 is 29.6 Å². The number of anilines is 2. The third-order valence-electron chi connectivity index (χ3n) is 5.36. The number of carbonyl (C=O) groups excluding carboxylic acids is 3. The van der Waals surface area contributed by atoms with Gasteiger partial charge in [0.2, 0.25) is 11.0 Å². The van der Waals surface area contributed by atoms with E-state index in [0.29, 0.717) is 17.1 Å². The smallest absolute Gasteiger partial charge is 0.269 e. The Morgan fingerprint density at radius 2 is 1.78 bits per heavy atom. The van der Waals surface area contributed by atoms with Crippen molar-refractivity contribution in [1.29, 1.82) is 0 Å². The summed E-state index contributed by atoms with van der Waals surface area (Å²) in [5.74, 6) is -1.65. The summed E-state index contributed by atoms with van der Waals surface area (Å²) in [6, 6.07) is 17.5. The fourth-order valence-electron chi connectivity index (χ4n) is 3.59. The summed E-state index contributed by atoms with van der Waals surface area (Å²) in [7, 11) is 1.52. The van der Waals surface area contributed by atoms with Gasteiger partial charge in [0.15, 0.2) is 0 Å². The number of thiocarbonyl (C=S) groups is 1. The molecule has 0 aromatic heterocycles. The first-order chi connectivity index (χ1) is 17.3. The average molecular weight is 571 g/mol. The number of carbonyl (C=O) groups is 3. The van der Waals surface area contributed by atoms with Gasteiger partial charge in [-0.25, -0.2) is 9.40 Å². The molecule has 0 radical (unpaired) electrons. The minimum Gasteiger partial charge on any atom is -0.497 e. The molecule has 1 aliphatic rings. The van der Waals surface area contributed by atoms with Gasteiger partial charge in [0, 0.05) is 15.7 Å². The number of benzene rings is 3. The standard InChI is InChI=1S/C25H20BrFN4O4S/c1-35-20-11-9-19(10-12-20)30-24(34)21(14-22(32)28-18-7-5-16(26)6-8-18)31(25(30)36)29-23(33)15-3-2-4-17(27)13-15/h2-13,21H,14H2,1H3,(H,28,32)(H,29,33). The highest BCUT2D eigenvalue weighted by atomic mass is 79.9. The molecule has 0 bridgehead atoms. The topological polar surface area (TPSA) is 91.0 Å². The number of rotatable bonds is 7. The van der Waals surface area contributed by atoms with Crippen LogP contribution in [0.3, 0.4) is 0 Å². The molecule has 11 heteroatoms. The molecule has 1 heterocycles. The Hall–Kier alpha value is -3.83. The molecule has 0 spiro atoms. The second-order valence-corrected chi connectivity index (χ2v) is 9.03. The first-order valence-corrected chi connectivity index (χ1v) is 11.9. The van der Waals surface area contributed by atoms with Crippen LogP contribution < -0.4 is 20.4 Å². The molecule has 3 amide bonds. The summed E-state index contributed by atoms with van der Waals surface area (Å²) < 4.78 is 19.7. The molecular weight excluding hydrogens is 551 g/mol. The van der Waals surface area contributed by atoms with Crippen molar-refractivity contribution in [1.82, 2.24) is 10.4 Å². The summed E-state index contributed by atoms with van der Waals surface area (Å²) >= 11 is 8.86. The molecule has 0 aliphatic carbocycles. The predicted molar refractivity (Wildman–Crippen MR) is 140 cm³/mol. The molecule has 3 aromatic carbocycles. The van der Waals surface area contributed by atoms with E-state index in [1.807, 2.05) is 0 Å². The lowest BCUT2D eigenvalue weighted by atomic mass is 10.1. The molecule has 1 atom stereocenters. The number of nitrogens with zero attached hydrogens (tertiary/aromatic N) is 2. The van der Waals surface area contributed by atoms with Crippen molar-refractivity contribution in [3.8, 4) is 5.75 Å². The number of methoxy groups -OCH3 is 1. The maximum absolute atomic E-state index is 13.7. The van der Waals surface area contributed by atoms with E-state index in [9.17, 15) is 18.8 Å². The number of hydrazine groups is 1. The van der Waals surface area contributed by atoms with Gasteiger partial charge in [-0.15, -0.1) is 0 Å². The third kappa shape index (κ3) is 5.52. The van der Waals surface area contributed by atoms with Crippen LogP contribution in [0.25, 0.3) is 0 Å². The molecule has 1 unspecified atom stereocenters. The number of ether oxygens (including phenoxy) is 1. The van der Waals surface area contributed by atoms with Crippen molar-refractivity contribution in [3.63, 3.8) is 0 Å². The predicted octanol–water partition coefficient (Wildman–Crippen LogP) is 4.27. The van der Waals surface area contributed by atoms with Crippen molar-refractivity contribution in [3.05, 3.63) is 88.6 Å². The van der Waals surface area contributed by atoms with Crippen LogP contribution in [0.5, 0.6) is 5.75 Å². The minimum atomic E-state index is -1.13. The van der Waals surface area contributed by atoms with Crippen LogP contribution in [-0.2, 0) is 9.59 Å². The van der Waals surface area contributed by atoms with Crippen molar-refractivity contribution in [2.45, 2.75) is 12.5 Å². The number of halogens is 2. The van der Waals surface area contributed by atoms with E-state index in [1.165, 1.54) is 30.2 Å². The lowest BCUT2D eigenvalue weighted by Crippen LogP contribution is -2.49. The Bertz CT molecular complexity index is 1320. The van der Waals surface area contributed by atoms with Gasteiger partial charge in [0.25, 0.3) is 11.8 Å². The maximum Gasteiger partial charge on any atom is 0.269 e. The van der Waals surface area contributed by atoms with Gasteiger partial charge >= 0.3 is 0 Å². The first-order valence-electron chi connectivity index (χ1n) is 10.7. The minimum absolute atomic E-state index is 0.0311. The Morgan fingerprint density at radius 3 is 2.42 bits per heavy atom. The Kier molecular flexibility index (Phi) is 7.61. The molecule has 36 heavy (non-hydrogen) atoms. The third-order valence-corrected chi connectivity index (χ3v) is 6.27. The van der Waals surface area contributed by atoms with Gasteiger partial charge in [-0.2, -0.15) is 0 Å². The summed E-state index contributed by atoms with van der Waals surface area (Å²) in [6.45, 7) is 0. The summed E-state index contributed by atoms with van der Waals surface area (Å²) in [5, 5.41) is 3.87. The zero-order chi connectivity index (χ0) is 25.8.